The number of H-pyrrole nitrogens is 1. The summed E-state index contributed by atoms with van der Waals surface area (Å²) in [5, 5.41) is 8.99. The van der Waals surface area contributed by atoms with Crippen LogP contribution in [0.3, 0.4) is 0 Å². The third kappa shape index (κ3) is 2.90. The first-order chi connectivity index (χ1) is 12.6. The second-order valence-electron chi connectivity index (χ2n) is 6.06. The van der Waals surface area contributed by atoms with Crippen molar-refractivity contribution in [2.75, 3.05) is 10.6 Å². The van der Waals surface area contributed by atoms with Gasteiger partial charge < -0.3 is 20.9 Å². The fourth-order valence-electron chi connectivity index (χ4n) is 3.04. The standard InChI is InChI=1S/C19H16N4O3/c24-17(21-14-7-3-6-13-11(14)8-9-20-13)10-16-19(26)22-15-5-2-1-4-12(15)18(25)23-16/h1-9,16,20H,10H2,(H,21,24)(H,22,26)(H,23,25)/t16-/m1/s1. The number of aromatic amines is 1. The Hall–Kier alpha value is -3.61. The lowest BCUT2D eigenvalue weighted by molar-refractivity contribution is -0.122. The van der Waals surface area contributed by atoms with Crippen molar-refractivity contribution in [1.29, 1.82) is 0 Å². The van der Waals surface area contributed by atoms with Crippen LogP contribution in [0, 0.1) is 0 Å². The minimum Gasteiger partial charge on any atom is -0.361 e. The molecule has 2 aromatic carbocycles. The van der Waals surface area contributed by atoms with Crippen LogP contribution >= 0.6 is 0 Å². The molecule has 0 radical (unpaired) electrons. The zero-order chi connectivity index (χ0) is 18.1. The lowest BCUT2D eigenvalue weighted by Crippen LogP contribution is -2.43. The SMILES string of the molecule is O=C(C[C@H]1NC(=O)c2ccccc2NC1=O)Nc1cccc2[nH]ccc12. The number of hydrogen-bond donors (Lipinski definition) is 4. The van der Waals surface area contributed by atoms with Gasteiger partial charge in [-0.1, -0.05) is 18.2 Å². The van der Waals surface area contributed by atoms with Crippen molar-refractivity contribution >= 4 is 40.0 Å². The average molecular weight is 348 g/mol. The number of carbonyl (C=O) groups excluding carboxylic acids is 3. The van der Waals surface area contributed by atoms with Gasteiger partial charge in [0.05, 0.1) is 23.4 Å². The number of rotatable bonds is 3. The Bertz CT molecular complexity index is 1020. The summed E-state index contributed by atoms with van der Waals surface area (Å²) in [6.07, 6.45) is 1.63. The van der Waals surface area contributed by atoms with Crippen LogP contribution in [0.2, 0.25) is 0 Å². The summed E-state index contributed by atoms with van der Waals surface area (Å²) in [5.74, 6) is -1.16. The predicted molar refractivity (Wildman–Crippen MR) is 97.9 cm³/mol. The molecule has 2 heterocycles. The molecule has 7 nitrogen and oxygen atoms in total. The van der Waals surface area contributed by atoms with Crippen LogP contribution in [0.1, 0.15) is 16.8 Å². The maximum absolute atomic E-state index is 12.4. The van der Waals surface area contributed by atoms with Gasteiger partial charge in [0.15, 0.2) is 0 Å². The number of benzene rings is 2. The molecule has 0 fully saturated rings. The van der Waals surface area contributed by atoms with E-state index in [4.69, 9.17) is 0 Å². The molecule has 4 N–H and O–H groups in total. The normalized spacial score (nSPS) is 16.4. The van der Waals surface area contributed by atoms with Crippen molar-refractivity contribution in [3.63, 3.8) is 0 Å². The summed E-state index contributed by atoms with van der Waals surface area (Å²) in [5.41, 5.74) is 2.37. The van der Waals surface area contributed by atoms with Gasteiger partial charge in [-0.15, -0.1) is 0 Å². The lowest BCUT2D eigenvalue weighted by atomic mass is 10.1. The van der Waals surface area contributed by atoms with Gasteiger partial charge in [-0.2, -0.15) is 0 Å². The van der Waals surface area contributed by atoms with E-state index in [1.807, 2.05) is 18.2 Å². The number of fused-ring (bicyclic) bond motifs is 2. The smallest absolute Gasteiger partial charge is 0.254 e. The molecule has 1 aliphatic heterocycles. The Labute approximate surface area is 148 Å². The number of amides is 3. The lowest BCUT2D eigenvalue weighted by Gasteiger charge is -2.14. The van der Waals surface area contributed by atoms with E-state index in [2.05, 4.69) is 20.9 Å². The van der Waals surface area contributed by atoms with Crippen LogP contribution in [0.15, 0.2) is 54.7 Å². The molecule has 3 aromatic rings. The van der Waals surface area contributed by atoms with Crippen LogP contribution < -0.4 is 16.0 Å². The third-order valence-corrected chi connectivity index (χ3v) is 4.31. The summed E-state index contributed by atoms with van der Waals surface area (Å²) in [4.78, 5) is 40.2. The van der Waals surface area contributed by atoms with Gasteiger partial charge in [0, 0.05) is 17.1 Å². The van der Waals surface area contributed by atoms with E-state index in [9.17, 15) is 14.4 Å². The number of hydrogen-bond acceptors (Lipinski definition) is 3. The fourth-order valence-corrected chi connectivity index (χ4v) is 3.04. The van der Waals surface area contributed by atoms with E-state index in [0.29, 0.717) is 16.9 Å². The molecule has 1 atom stereocenters. The highest BCUT2D eigenvalue weighted by molar-refractivity contribution is 6.11. The van der Waals surface area contributed by atoms with Crippen molar-refractivity contribution < 1.29 is 14.4 Å². The minimum atomic E-state index is -0.944. The van der Waals surface area contributed by atoms with Crippen LogP contribution in [-0.2, 0) is 9.59 Å². The Morgan fingerprint density at radius 1 is 1.04 bits per heavy atom. The molecule has 0 spiro atoms. The van der Waals surface area contributed by atoms with Crippen LogP contribution in [0.5, 0.6) is 0 Å². The quantitative estimate of drug-likeness (QED) is 0.584. The Morgan fingerprint density at radius 3 is 2.77 bits per heavy atom. The molecule has 1 aliphatic rings. The Balaban J connectivity index is 1.50. The number of carbonyl (C=O) groups is 3. The largest absolute Gasteiger partial charge is 0.361 e. The maximum atomic E-state index is 12.4. The first-order valence-electron chi connectivity index (χ1n) is 8.18. The third-order valence-electron chi connectivity index (χ3n) is 4.31. The molecule has 0 unspecified atom stereocenters. The summed E-state index contributed by atoms with van der Waals surface area (Å²) in [6.45, 7) is 0. The molecule has 1 aromatic heterocycles. The van der Waals surface area contributed by atoms with Crippen LogP contribution in [0.4, 0.5) is 11.4 Å². The van der Waals surface area contributed by atoms with E-state index < -0.39 is 11.9 Å². The molecule has 4 rings (SSSR count). The summed E-state index contributed by atoms with van der Waals surface area (Å²) >= 11 is 0. The van der Waals surface area contributed by atoms with Crippen molar-refractivity contribution in [1.82, 2.24) is 10.3 Å². The molecular weight excluding hydrogens is 332 g/mol. The zero-order valence-electron chi connectivity index (χ0n) is 13.7. The van der Waals surface area contributed by atoms with Crippen LogP contribution in [0.25, 0.3) is 10.9 Å². The molecular formula is C19H16N4O3. The van der Waals surface area contributed by atoms with Gasteiger partial charge in [-0.05, 0) is 30.3 Å². The van der Waals surface area contributed by atoms with Crippen molar-refractivity contribution in [2.45, 2.75) is 12.5 Å². The minimum absolute atomic E-state index is 0.160. The van der Waals surface area contributed by atoms with E-state index in [1.54, 1.807) is 36.5 Å². The maximum Gasteiger partial charge on any atom is 0.254 e. The van der Waals surface area contributed by atoms with E-state index >= 15 is 0 Å². The summed E-state index contributed by atoms with van der Waals surface area (Å²) in [6, 6.07) is 13.2. The predicted octanol–water partition coefficient (Wildman–Crippen LogP) is 2.25. The van der Waals surface area contributed by atoms with Gasteiger partial charge >= 0.3 is 0 Å². The molecule has 0 bridgehead atoms. The second kappa shape index (κ2) is 6.36. The highest BCUT2D eigenvalue weighted by atomic mass is 16.2. The Kier molecular flexibility index (Phi) is 3.89. The van der Waals surface area contributed by atoms with Crippen molar-refractivity contribution in [3.8, 4) is 0 Å². The highest BCUT2D eigenvalue weighted by Crippen LogP contribution is 2.23. The molecule has 0 saturated heterocycles. The Morgan fingerprint density at radius 2 is 1.88 bits per heavy atom. The first kappa shape index (κ1) is 15.9. The van der Waals surface area contributed by atoms with Gasteiger partial charge in [0.25, 0.3) is 5.91 Å². The summed E-state index contributed by atoms with van der Waals surface area (Å²) in [7, 11) is 0. The second-order valence-corrected chi connectivity index (χ2v) is 6.06. The summed E-state index contributed by atoms with van der Waals surface area (Å²) < 4.78 is 0. The topological polar surface area (TPSA) is 103 Å². The van der Waals surface area contributed by atoms with Crippen molar-refractivity contribution in [2.24, 2.45) is 0 Å². The van der Waals surface area contributed by atoms with E-state index in [1.165, 1.54) is 0 Å². The molecule has 0 saturated carbocycles. The zero-order valence-corrected chi connectivity index (χ0v) is 13.7. The molecule has 0 aliphatic carbocycles. The number of aromatic nitrogens is 1. The van der Waals surface area contributed by atoms with E-state index in [0.717, 1.165) is 10.9 Å². The first-order valence-corrected chi connectivity index (χ1v) is 8.18. The molecule has 7 heteroatoms. The monoisotopic (exact) mass is 348 g/mol. The van der Waals surface area contributed by atoms with E-state index in [-0.39, 0.29) is 18.2 Å². The highest BCUT2D eigenvalue weighted by Gasteiger charge is 2.29. The number of nitrogens with one attached hydrogen (secondary N) is 4. The van der Waals surface area contributed by atoms with Gasteiger partial charge in [-0.25, -0.2) is 0 Å². The van der Waals surface area contributed by atoms with Crippen LogP contribution in [-0.4, -0.2) is 28.7 Å². The van der Waals surface area contributed by atoms with Gasteiger partial charge in [0.2, 0.25) is 11.8 Å². The number of para-hydroxylation sites is 1. The average Bonchev–Trinajstić information content (AvgIpc) is 3.07. The van der Waals surface area contributed by atoms with Gasteiger partial charge in [-0.3, -0.25) is 14.4 Å². The van der Waals surface area contributed by atoms with Crippen molar-refractivity contribution in [3.05, 3.63) is 60.3 Å². The molecule has 3 amide bonds. The van der Waals surface area contributed by atoms with Gasteiger partial charge in [0.1, 0.15) is 6.04 Å². The fraction of sp³-hybridized carbons (Fsp3) is 0.105. The molecule has 130 valence electrons. The molecule has 26 heavy (non-hydrogen) atoms. The number of anilines is 2.